The number of hydrogen-bond donors (Lipinski definition) is 2. The second kappa shape index (κ2) is 9.88. The number of hydrogen-bond acceptors (Lipinski definition) is 4. The first-order valence-electron chi connectivity index (χ1n) is 8.27. The van der Waals surface area contributed by atoms with Gasteiger partial charge in [-0.1, -0.05) is 43.5 Å². The fourth-order valence-electron chi connectivity index (χ4n) is 2.19. The second-order valence-corrected chi connectivity index (χ2v) is 5.99. The van der Waals surface area contributed by atoms with Gasteiger partial charge in [0.15, 0.2) is 0 Å². The van der Waals surface area contributed by atoms with Gasteiger partial charge >= 0.3 is 0 Å². The number of unbranched alkanes of at least 4 members (excludes halogenated alkanes) is 2. The molecule has 0 radical (unpaired) electrons. The van der Waals surface area contributed by atoms with E-state index in [1.807, 2.05) is 24.3 Å². The molecule has 0 atom stereocenters. The molecule has 2 rings (SSSR count). The number of rotatable bonds is 9. The molecule has 0 bridgehead atoms. The van der Waals surface area contributed by atoms with E-state index in [2.05, 4.69) is 27.5 Å². The predicted molar refractivity (Wildman–Crippen MR) is 97.5 cm³/mol. The lowest BCUT2D eigenvalue weighted by Crippen LogP contribution is -2.25. The minimum Gasteiger partial charge on any atom is -0.368 e. The third kappa shape index (κ3) is 6.16. The first-order valence-corrected chi connectivity index (χ1v) is 8.65. The van der Waals surface area contributed by atoms with E-state index in [0.717, 1.165) is 37.3 Å². The number of nitrogens with zero attached hydrogens (tertiary/aromatic N) is 2. The van der Waals surface area contributed by atoms with Gasteiger partial charge in [-0.3, -0.25) is 4.79 Å². The summed E-state index contributed by atoms with van der Waals surface area (Å²) >= 11 is 5.86. The Morgan fingerprint density at radius 2 is 1.88 bits per heavy atom. The van der Waals surface area contributed by atoms with Crippen molar-refractivity contribution in [3.05, 3.63) is 52.9 Å². The highest BCUT2D eigenvalue weighted by molar-refractivity contribution is 6.30. The van der Waals surface area contributed by atoms with Crippen molar-refractivity contribution in [2.24, 2.45) is 0 Å². The van der Waals surface area contributed by atoms with Crippen LogP contribution in [0, 0.1) is 0 Å². The van der Waals surface area contributed by atoms with Crippen LogP contribution >= 0.6 is 11.6 Å². The molecule has 1 heterocycles. The Bertz CT molecular complexity index is 628. The molecule has 0 aliphatic carbocycles. The highest BCUT2D eigenvalue weighted by atomic mass is 35.5. The van der Waals surface area contributed by atoms with E-state index >= 15 is 0 Å². The number of nitrogens with one attached hydrogen (secondary N) is 2. The van der Waals surface area contributed by atoms with Gasteiger partial charge in [0.25, 0.3) is 5.91 Å². The van der Waals surface area contributed by atoms with Crippen molar-refractivity contribution in [1.82, 2.24) is 15.3 Å². The van der Waals surface area contributed by atoms with Crippen molar-refractivity contribution in [2.45, 2.75) is 32.6 Å². The quantitative estimate of drug-likeness (QED) is 0.679. The minimum absolute atomic E-state index is 0.175. The molecular formula is C18H23ClN4O. The molecule has 0 saturated heterocycles. The van der Waals surface area contributed by atoms with Gasteiger partial charge in [-0.2, -0.15) is 0 Å². The maximum absolute atomic E-state index is 11.9. The van der Waals surface area contributed by atoms with E-state index in [1.165, 1.54) is 11.8 Å². The van der Waals surface area contributed by atoms with Crippen molar-refractivity contribution in [2.75, 3.05) is 18.4 Å². The lowest BCUT2D eigenvalue weighted by atomic mass is 10.1. The van der Waals surface area contributed by atoms with E-state index in [4.69, 9.17) is 11.6 Å². The van der Waals surface area contributed by atoms with E-state index in [-0.39, 0.29) is 5.91 Å². The summed E-state index contributed by atoms with van der Waals surface area (Å²) < 4.78 is 0. The molecule has 1 aromatic carbocycles. The monoisotopic (exact) mass is 346 g/mol. The van der Waals surface area contributed by atoms with Crippen molar-refractivity contribution >= 4 is 23.3 Å². The molecule has 0 fully saturated rings. The summed E-state index contributed by atoms with van der Waals surface area (Å²) in [5, 5.41) is 6.78. The largest absolute Gasteiger partial charge is 0.368 e. The molecule has 0 unspecified atom stereocenters. The molecule has 2 aromatic rings. The second-order valence-electron chi connectivity index (χ2n) is 5.55. The Kier molecular flexibility index (Phi) is 7.49. The average molecular weight is 347 g/mol. The number of carbonyl (C=O) groups is 1. The topological polar surface area (TPSA) is 66.9 Å². The predicted octanol–water partition coefficient (Wildman–Crippen LogP) is 3.70. The molecule has 6 heteroatoms. The van der Waals surface area contributed by atoms with Crippen LogP contribution < -0.4 is 10.6 Å². The van der Waals surface area contributed by atoms with E-state index < -0.39 is 0 Å². The van der Waals surface area contributed by atoms with Crippen LogP contribution in [0.1, 0.15) is 42.2 Å². The Balaban J connectivity index is 1.75. The zero-order valence-electron chi connectivity index (χ0n) is 13.9. The van der Waals surface area contributed by atoms with Crippen molar-refractivity contribution in [3.63, 3.8) is 0 Å². The summed E-state index contributed by atoms with van der Waals surface area (Å²) in [6, 6.07) is 7.76. The third-order valence-corrected chi connectivity index (χ3v) is 3.84. The lowest BCUT2D eigenvalue weighted by molar-refractivity contribution is 0.0947. The molecular weight excluding hydrogens is 324 g/mol. The summed E-state index contributed by atoms with van der Waals surface area (Å²) in [5.41, 5.74) is 1.54. The van der Waals surface area contributed by atoms with Crippen molar-refractivity contribution in [1.29, 1.82) is 0 Å². The number of halogens is 1. The van der Waals surface area contributed by atoms with Crippen LogP contribution in [0.2, 0.25) is 5.02 Å². The molecule has 5 nitrogen and oxygen atoms in total. The summed E-state index contributed by atoms with van der Waals surface area (Å²) in [5.74, 6) is 0.484. The first-order chi connectivity index (χ1) is 11.7. The fourth-order valence-corrected chi connectivity index (χ4v) is 2.32. The zero-order valence-corrected chi connectivity index (χ0v) is 14.6. The average Bonchev–Trinajstić information content (AvgIpc) is 2.61. The van der Waals surface area contributed by atoms with E-state index in [0.29, 0.717) is 18.1 Å². The van der Waals surface area contributed by atoms with Crippen molar-refractivity contribution in [3.8, 4) is 0 Å². The lowest BCUT2D eigenvalue weighted by Gasteiger charge is -2.07. The van der Waals surface area contributed by atoms with Gasteiger partial charge in [0, 0.05) is 18.1 Å². The summed E-state index contributed by atoms with van der Waals surface area (Å²) in [6.07, 6.45) is 7.18. The SMILES string of the molecule is CCCCCNC(=O)c1cnc(NCCc2ccc(Cl)cc2)cn1. The van der Waals surface area contributed by atoms with Gasteiger partial charge in [0.05, 0.1) is 12.4 Å². The fraction of sp³-hybridized carbons (Fsp3) is 0.389. The maximum atomic E-state index is 11.9. The Hall–Kier alpha value is -2.14. The molecule has 1 amide bonds. The van der Waals surface area contributed by atoms with Gasteiger partial charge < -0.3 is 10.6 Å². The summed E-state index contributed by atoms with van der Waals surface area (Å²) in [7, 11) is 0. The Morgan fingerprint density at radius 1 is 1.08 bits per heavy atom. The first kappa shape index (κ1) is 18.2. The van der Waals surface area contributed by atoms with Crippen LogP contribution in [-0.2, 0) is 6.42 Å². The number of anilines is 1. The van der Waals surface area contributed by atoms with Gasteiger partial charge in [-0.25, -0.2) is 9.97 Å². The van der Waals surface area contributed by atoms with Crippen LogP contribution in [0.15, 0.2) is 36.7 Å². The van der Waals surface area contributed by atoms with Crippen LogP contribution in [0.5, 0.6) is 0 Å². The number of amides is 1. The van der Waals surface area contributed by atoms with Gasteiger partial charge in [0.2, 0.25) is 0 Å². The van der Waals surface area contributed by atoms with E-state index in [9.17, 15) is 4.79 Å². The van der Waals surface area contributed by atoms with Crippen LogP contribution in [0.3, 0.4) is 0 Å². The maximum Gasteiger partial charge on any atom is 0.271 e. The molecule has 0 aliphatic heterocycles. The molecule has 0 spiro atoms. The highest BCUT2D eigenvalue weighted by Gasteiger charge is 2.07. The summed E-state index contributed by atoms with van der Waals surface area (Å²) in [6.45, 7) is 3.54. The zero-order chi connectivity index (χ0) is 17.2. The third-order valence-electron chi connectivity index (χ3n) is 3.58. The van der Waals surface area contributed by atoms with Crippen LogP contribution in [0.25, 0.3) is 0 Å². The standard InChI is InChI=1S/C18H23ClN4O/c1-2-3-4-10-21-18(24)16-12-23-17(13-22-16)20-11-9-14-5-7-15(19)8-6-14/h5-8,12-13H,2-4,9-11H2,1H3,(H,20,23)(H,21,24). The molecule has 0 aliphatic rings. The molecule has 1 aromatic heterocycles. The summed E-state index contributed by atoms with van der Waals surface area (Å²) in [4.78, 5) is 20.3. The van der Waals surface area contributed by atoms with Crippen molar-refractivity contribution < 1.29 is 4.79 Å². The smallest absolute Gasteiger partial charge is 0.271 e. The van der Waals surface area contributed by atoms with Gasteiger partial charge in [-0.15, -0.1) is 0 Å². The van der Waals surface area contributed by atoms with Crippen LogP contribution in [-0.4, -0.2) is 29.0 Å². The molecule has 0 saturated carbocycles. The van der Waals surface area contributed by atoms with Gasteiger partial charge in [0.1, 0.15) is 11.5 Å². The number of benzene rings is 1. The molecule has 128 valence electrons. The number of aromatic nitrogens is 2. The van der Waals surface area contributed by atoms with Crippen LogP contribution in [0.4, 0.5) is 5.82 Å². The Labute approximate surface area is 147 Å². The van der Waals surface area contributed by atoms with E-state index in [1.54, 1.807) is 6.20 Å². The van der Waals surface area contributed by atoms with Gasteiger partial charge in [-0.05, 0) is 30.5 Å². The minimum atomic E-state index is -0.175. The number of carbonyl (C=O) groups excluding carboxylic acids is 1. The normalized spacial score (nSPS) is 10.4. The molecule has 24 heavy (non-hydrogen) atoms. The molecule has 2 N–H and O–H groups in total. The Morgan fingerprint density at radius 3 is 2.54 bits per heavy atom. The highest BCUT2D eigenvalue weighted by Crippen LogP contribution is 2.10.